The summed E-state index contributed by atoms with van der Waals surface area (Å²) in [6, 6.07) is 6.43. The summed E-state index contributed by atoms with van der Waals surface area (Å²) in [5.41, 5.74) is 0.538. The number of imide groups is 1. The molecule has 6 nitrogen and oxygen atoms in total. The summed E-state index contributed by atoms with van der Waals surface area (Å²) >= 11 is 6.94. The average Bonchev–Trinajstić information content (AvgIpc) is 2.71. The lowest BCUT2D eigenvalue weighted by Gasteiger charge is -2.41. The van der Waals surface area contributed by atoms with E-state index in [-0.39, 0.29) is 41.8 Å². The van der Waals surface area contributed by atoms with Crippen LogP contribution in [-0.4, -0.2) is 53.7 Å². The number of carbonyl (C=O) groups excluding carboxylic acids is 2. The Kier molecular flexibility index (Phi) is 4.19. The summed E-state index contributed by atoms with van der Waals surface area (Å²) in [5, 5.41) is 0.114. The molecule has 1 aromatic carbocycles. The molecule has 0 saturated carbocycles. The normalized spacial score (nSPS) is 20.5. The van der Waals surface area contributed by atoms with Gasteiger partial charge in [0.2, 0.25) is 15.9 Å². The molecule has 0 aromatic heterocycles. The maximum absolute atomic E-state index is 12.3. The van der Waals surface area contributed by atoms with Crippen LogP contribution in [0.3, 0.4) is 0 Å². The molecule has 0 atom stereocenters. The first-order valence-electron chi connectivity index (χ1n) is 6.58. The molecule has 0 unspecified atom stereocenters. The van der Waals surface area contributed by atoms with E-state index in [1.165, 1.54) is 9.21 Å². The van der Waals surface area contributed by atoms with Gasteiger partial charge in [-0.25, -0.2) is 8.42 Å². The summed E-state index contributed by atoms with van der Waals surface area (Å²) in [4.78, 5) is 24.4. The van der Waals surface area contributed by atoms with Gasteiger partial charge in [-0.15, -0.1) is 0 Å². The standard InChI is InChI=1S/C13H13ClN2O4S2/c14-11-4-2-1-3-9(11)8-22(19,20)15-5-10(6-15)16-12(17)7-21-13(16)18/h1-4,10H,5-8H2. The van der Waals surface area contributed by atoms with Gasteiger partial charge >= 0.3 is 0 Å². The van der Waals surface area contributed by atoms with Crippen molar-refractivity contribution < 1.29 is 18.0 Å². The quantitative estimate of drug-likeness (QED) is 0.814. The second-order valence-electron chi connectivity index (χ2n) is 5.14. The van der Waals surface area contributed by atoms with E-state index in [1.807, 2.05) is 0 Å². The molecule has 2 aliphatic heterocycles. The summed E-state index contributed by atoms with van der Waals surface area (Å²) in [6.07, 6.45) is 0. The van der Waals surface area contributed by atoms with Gasteiger partial charge in [0.25, 0.3) is 5.24 Å². The number of rotatable bonds is 4. The van der Waals surface area contributed by atoms with Gasteiger partial charge in [0.1, 0.15) is 0 Å². The lowest BCUT2D eigenvalue weighted by molar-refractivity contribution is -0.127. The molecule has 2 fully saturated rings. The second kappa shape index (κ2) is 5.84. The summed E-state index contributed by atoms with van der Waals surface area (Å²) in [7, 11) is -3.50. The van der Waals surface area contributed by atoms with Crippen molar-refractivity contribution in [3.05, 3.63) is 34.9 Å². The van der Waals surface area contributed by atoms with Crippen LogP contribution >= 0.6 is 23.4 Å². The number of amides is 2. The van der Waals surface area contributed by atoms with E-state index in [2.05, 4.69) is 0 Å². The van der Waals surface area contributed by atoms with Crippen LogP contribution in [0.15, 0.2) is 24.3 Å². The van der Waals surface area contributed by atoms with Gasteiger partial charge in [-0.3, -0.25) is 14.5 Å². The van der Waals surface area contributed by atoms with Gasteiger partial charge in [0, 0.05) is 18.1 Å². The molecular weight excluding hydrogens is 348 g/mol. The molecule has 2 amide bonds. The monoisotopic (exact) mass is 360 g/mol. The SMILES string of the molecule is O=C1CSC(=O)N1C1CN(S(=O)(=O)Cc2ccccc2Cl)C1. The summed E-state index contributed by atoms with van der Waals surface area (Å²) < 4.78 is 25.9. The zero-order chi connectivity index (χ0) is 15.9. The second-order valence-corrected chi connectivity index (χ2v) is 8.44. The van der Waals surface area contributed by atoms with E-state index < -0.39 is 10.0 Å². The number of halogens is 1. The van der Waals surface area contributed by atoms with E-state index >= 15 is 0 Å². The van der Waals surface area contributed by atoms with Crippen molar-refractivity contribution in [2.24, 2.45) is 0 Å². The first kappa shape index (κ1) is 15.8. The molecule has 2 aliphatic rings. The first-order chi connectivity index (χ1) is 10.4. The third-order valence-electron chi connectivity index (χ3n) is 3.67. The van der Waals surface area contributed by atoms with E-state index in [1.54, 1.807) is 24.3 Å². The van der Waals surface area contributed by atoms with E-state index in [0.717, 1.165) is 11.8 Å². The Morgan fingerprint density at radius 2 is 1.91 bits per heavy atom. The Balaban J connectivity index is 1.65. The van der Waals surface area contributed by atoms with Crippen molar-refractivity contribution in [2.75, 3.05) is 18.8 Å². The number of carbonyl (C=O) groups is 2. The first-order valence-corrected chi connectivity index (χ1v) is 9.56. The maximum Gasteiger partial charge on any atom is 0.289 e. The molecule has 0 spiro atoms. The van der Waals surface area contributed by atoms with Gasteiger partial charge in [-0.2, -0.15) is 4.31 Å². The van der Waals surface area contributed by atoms with Crippen LogP contribution in [-0.2, 0) is 20.6 Å². The molecule has 22 heavy (non-hydrogen) atoms. The zero-order valence-corrected chi connectivity index (χ0v) is 13.8. The Morgan fingerprint density at radius 3 is 2.50 bits per heavy atom. The van der Waals surface area contributed by atoms with Crippen LogP contribution in [0.2, 0.25) is 5.02 Å². The number of thioether (sulfide) groups is 1. The predicted molar refractivity (Wildman–Crippen MR) is 84.1 cm³/mol. The average molecular weight is 361 g/mol. The number of benzene rings is 1. The molecule has 3 rings (SSSR count). The smallest absolute Gasteiger partial charge is 0.273 e. The van der Waals surface area contributed by atoms with E-state index in [0.29, 0.717) is 10.6 Å². The molecule has 0 radical (unpaired) electrons. The Labute approximate surface area is 137 Å². The van der Waals surface area contributed by atoms with Crippen molar-refractivity contribution >= 4 is 44.5 Å². The minimum atomic E-state index is -3.50. The number of sulfonamides is 1. The van der Waals surface area contributed by atoms with Gasteiger partial charge in [0.15, 0.2) is 0 Å². The highest BCUT2D eigenvalue weighted by Crippen LogP contribution is 2.29. The van der Waals surface area contributed by atoms with Crippen LogP contribution in [0.4, 0.5) is 4.79 Å². The highest BCUT2D eigenvalue weighted by atomic mass is 35.5. The maximum atomic E-state index is 12.3. The molecule has 2 heterocycles. The lowest BCUT2D eigenvalue weighted by atomic mass is 10.1. The van der Waals surface area contributed by atoms with Gasteiger partial charge in [0.05, 0.1) is 17.5 Å². The summed E-state index contributed by atoms with van der Waals surface area (Å²) in [6.45, 7) is 0.315. The van der Waals surface area contributed by atoms with Crippen molar-refractivity contribution in [1.82, 2.24) is 9.21 Å². The molecule has 0 N–H and O–H groups in total. The predicted octanol–water partition coefficient (Wildman–Crippen LogP) is 1.55. The number of hydrogen-bond donors (Lipinski definition) is 0. The largest absolute Gasteiger partial charge is 0.289 e. The molecular formula is C13H13ClN2O4S2. The van der Waals surface area contributed by atoms with Crippen molar-refractivity contribution in [2.45, 2.75) is 11.8 Å². The van der Waals surface area contributed by atoms with Crippen molar-refractivity contribution in [1.29, 1.82) is 0 Å². The Bertz CT molecular complexity index is 715. The van der Waals surface area contributed by atoms with Gasteiger partial charge in [-0.05, 0) is 11.6 Å². The fourth-order valence-corrected chi connectivity index (χ4v) is 5.11. The van der Waals surface area contributed by atoms with Crippen molar-refractivity contribution in [3.8, 4) is 0 Å². The highest BCUT2D eigenvalue weighted by Gasteiger charge is 2.45. The van der Waals surface area contributed by atoms with Crippen LogP contribution in [0.5, 0.6) is 0 Å². The van der Waals surface area contributed by atoms with Gasteiger partial charge in [-0.1, -0.05) is 41.6 Å². The topological polar surface area (TPSA) is 74.8 Å². The highest BCUT2D eigenvalue weighted by molar-refractivity contribution is 8.14. The van der Waals surface area contributed by atoms with Crippen LogP contribution in [0.25, 0.3) is 0 Å². The molecule has 2 saturated heterocycles. The molecule has 0 aliphatic carbocycles. The third-order valence-corrected chi connectivity index (χ3v) is 6.63. The minimum absolute atomic E-state index is 0.141. The van der Waals surface area contributed by atoms with Gasteiger partial charge < -0.3 is 0 Å². The van der Waals surface area contributed by atoms with Crippen molar-refractivity contribution in [3.63, 3.8) is 0 Å². The zero-order valence-electron chi connectivity index (χ0n) is 11.4. The fourth-order valence-electron chi connectivity index (χ4n) is 2.43. The molecule has 9 heteroatoms. The molecule has 1 aromatic rings. The Morgan fingerprint density at radius 1 is 1.23 bits per heavy atom. The molecule has 0 bridgehead atoms. The van der Waals surface area contributed by atoms with Crippen LogP contribution in [0, 0.1) is 0 Å². The number of nitrogens with zero attached hydrogens (tertiary/aromatic N) is 2. The fraction of sp³-hybridized carbons (Fsp3) is 0.385. The van der Waals surface area contributed by atoms with E-state index in [4.69, 9.17) is 11.6 Å². The lowest BCUT2D eigenvalue weighted by Crippen LogP contribution is -2.62. The minimum Gasteiger partial charge on any atom is -0.273 e. The van der Waals surface area contributed by atoms with Crippen LogP contribution < -0.4 is 0 Å². The summed E-state index contributed by atoms with van der Waals surface area (Å²) in [5.74, 6) is -0.291. The van der Waals surface area contributed by atoms with Crippen LogP contribution in [0.1, 0.15) is 5.56 Å². The third kappa shape index (κ3) is 2.88. The number of hydrogen-bond acceptors (Lipinski definition) is 5. The Hall–Kier alpha value is -1.09. The molecule has 118 valence electrons. The van der Waals surface area contributed by atoms with E-state index in [9.17, 15) is 18.0 Å².